The van der Waals surface area contributed by atoms with Crippen molar-refractivity contribution in [3.05, 3.63) is 58.6 Å². The van der Waals surface area contributed by atoms with Crippen LogP contribution >= 0.6 is 11.6 Å². The second-order valence-electron chi connectivity index (χ2n) is 5.78. The van der Waals surface area contributed by atoms with Crippen LogP contribution in [0.15, 0.2) is 42.5 Å². The Kier molecular flexibility index (Phi) is 4.92. The zero-order chi connectivity index (χ0) is 17.1. The summed E-state index contributed by atoms with van der Waals surface area (Å²) < 4.78 is 10.6. The SMILES string of the molecule is CN(C)C(CNC(=O)c1ccc2c(c1)OCO2)c1ccccc1Cl. The number of carbonyl (C=O) groups excluding carboxylic acids is 1. The number of rotatable bonds is 5. The van der Waals surface area contributed by atoms with Crippen molar-refractivity contribution < 1.29 is 14.3 Å². The Hall–Kier alpha value is -2.24. The van der Waals surface area contributed by atoms with Gasteiger partial charge in [-0.3, -0.25) is 4.79 Å². The Balaban J connectivity index is 1.71. The minimum absolute atomic E-state index is 0.0170. The van der Waals surface area contributed by atoms with E-state index in [0.717, 1.165) is 5.56 Å². The third-order valence-corrected chi connectivity index (χ3v) is 4.32. The average Bonchev–Trinajstić information content (AvgIpc) is 3.03. The molecule has 1 aliphatic heterocycles. The normalized spacial score (nSPS) is 13.8. The summed E-state index contributed by atoms with van der Waals surface area (Å²) in [6.07, 6.45) is 0. The highest BCUT2D eigenvalue weighted by Crippen LogP contribution is 2.32. The van der Waals surface area contributed by atoms with Crippen molar-refractivity contribution in [3.63, 3.8) is 0 Å². The highest BCUT2D eigenvalue weighted by Gasteiger charge is 2.20. The molecule has 24 heavy (non-hydrogen) atoms. The fraction of sp³-hybridized carbons (Fsp3) is 0.278. The lowest BCUT2D eigenvalue weighted by molar-refractivity contribution is 0.0941. The van der Waals surface area contributed by atoms with Crippen LogP contribution in [0.4, 0.5) is 0 Å². The third kappa shape index (κ3) is 3.47. The Labute approximate surface area is 146 Å². The third-order valence-electron chi connectivity index (χ3n) is 3.98. The Morgan fingerprint density at radius 3 is 2.71 bits per heavy atom. The Bertz CT molecular complexity index is 749. The lowest BCUT2D eigenvalue weighted by Gasteiger charge is -2.26. The van der Waals surface area contributed by atoms with Gasteiger partial charge in [-0.05, 0) is 43.9 Å². The molecule has 0 aliphatic carbocycles. The van der Waals surface area contributed by atoms with Crippen LogP contribution in [-0.2, 0) is 0 Å². The molecule has 5 nitrogen and oxygen atoms in total. The van der Waals surface area contributed by atoms with Gasteiger partial charge in [0.05, 0.1) is 6.04 Å². The van der Waals surface area contributed by atoms with Gasteiger partial charge in [-0.25, -0.2) is 0 Å². The van der Waals surface area contributed by atoms with Gasteiger partial charge in [0, 0.05) is 17.1 Å². The standard InChI is InChI=1S/C18H19ClN2O3/c1-21(2)15(13-5-3-4-6-14(13)19)10-20-18(22)12-7-8-16-17(9-12)24-11-23-16/h3-9,15H,10-11H2,1-2H3,(H,20,22). The first-order valence-corrected chi connectivity index (χ1v) is 8.03. The monoisotopic (exact) mass is 346 g/mol. The highest BCUT2D eigenvalue weighted by atomic mass is 35.5. The van der Waals surface area contributed by atoms with Crippen molar-refractivity contribution in [3.8, 4) is 11.5 Å². The van der Waals surface area contributed by atoms with E-state index < -0.39 is 0 Å². The van der Waals surface area contributed by atoms with E-state index in [1.165, 1.54) is 0 Å². The molecule has 1 atom stereocenters. The van der Waals surface area contributed by atoms with Gasteiger partial charge in [-0.15, -0.1) is 0 Å². The molecule has 126 valence electrons. The molecule has 0 radical (unpaired) electrons. The molecule has 2 aromatic rings. The molecule has 1 heterocycles. The van der Waals surface area contributed by atoms with Crippen LogP contribution in [0.2, 0.25) is 5.02 Å². The first-order chi connectivity index (χ1) is 11.6. The van der Waals surface area contributed by atoms with Crippen molar-refractivity contribution >= 4 is 17.5 Å². The van der Waals surface area contributed by atoms with Gasteiger partial charge in [0.1, 0.15) is 0 Å². The summed E-state index contributed by atoms with van der Waals surface area (Å²) in [6.45, 7) is 0.639. The number of carbonyl (C=O) groups is 1. The van der Waals surface area contributed by atoms with Crippen molar-refractivity contribution in [2.45, 2.75) is 6.04 Å². The highest BCUT2D eigenvalue weighted by molar-refractivity contribution is 6.31. The van der Waals surface area contributed by atoms with Crippen LogP contribution in [-0.4, -0.2) is 38.2 Å². The molecule has 1 unspecified atom stereocenters. The van der Waals surface area contributed by atoms with E-state index in [0.29, 0.717) is 28.6 Å². The second kappa shape index (κ2) is 7.11. The van der Waals surface area contributed by atoms with Crippen molar-refractivity contribution in [1.29, 1.82) is 0 Å². The number of amides is 1. The maximum absolute atomic E-state index is 12.4. The molecule has 6 heteroatoms. The minimum atomic E-state index is -0.160. The van der Waals surface area contributed by atoms with Crippen molar-refractivity contribution in [2.24, 2.45) is 0 Å². The lowest BCUT2D eigenvalue weighted by Crippen LogP contribution is -2.34. The Morgan fingerprint density at radius 2 is 1.96 bits per heavy atom. The Morgan fingerprint density at radius 1 is 1.21 bits per heavy atom. The van der Waals surface area contributed by atoms with Crippen molar-refractivity contribution in [1.82, 2.24) is 10.2 Å². The fourth-order valence-electron chi connectivity index (χ4n) is 2.65. The van der Waals surface area contributed by atoms with Crippen LogP contribution in [0.3, 0.4) is 0 Å². The van der Waals surface area contributed by atoms with E-state index in [-0.39, 0.29) is 18.7 Å². The fourth-order valence-corrected chi connectivity index (χ4v) is 2.91. The first-order valence-electron chi connectivity index (χ1n) is 7.65. The molecule has 1 amide bonds. The van der Waals surface area contributed by atoms with Crippen LogP contribution < -0.4 is 14.8 Å². The molecule has 3 rings (SSSR count). The topological polar surface area (TPSA) is 50.8 Å². The summed E-state index contributed by atoms with van der Waals surface area (Å²) in [5.74, 6) is 1.10. The zero-order valence-electron chi connectivity index (χ0n) is 13.6. The maximum atomic E-state index is 12.4. The van der Waals surface area contributed by atoms with E-state index in [1.807, 2.05) is 43.3 Å². The van der Waals surface area contributed by atoms with Gasteiger partial charge >= 0.3 is 0 Å². The molecular weight excluding hydrogens is 328 g/mol. The predicted octanol–water partition coefficient (Wildman–Crippen LogP) is 3.10. The zero-order valence-corrected chi connectivity index (χ0v) is 14.3. The molecule has 0 fully saturated rings. The predicted molar refractivity (Wildman–Crippen MR) is 92.8 cm³/mol. The summed E-state index contributed by atoms with van der Waals surface area (Å²) in [5.41, 5.74) is 1.52. The number of nitrogens with one attached hydrogen (secondary N) is 1. The molecular formula is C18H19ClN2O3. The number of ether oxygens (including phenoxy) is 2. The lowest BCUT2D eigenvalue weighted by atomic mass is 10.1. The van der Waals surface area contributed by atoms with E-state index in [1.54, 1.807) is 18.2 Å². The number of halogens is 1. The van der Waals surface area contributed by atoms with Gasteiger partial charge < -0.3 is 19.7 Å². The number of benzene rings is 2. The molecule has 1 aliphatic rings. The molecule has 0 aromatic heterocycles. The van der Waals surface area contributed by atoms with Gasteiger partial charge in [-0.2, -0.15) is 0 Å². The molecule has 2 aromatic carbocycles. The van der Waals surface area contributed by atoms with Gasteiger partial charge in [0.25, 0.3) is 5.91 Å². The minimum Gasteiger partial charge on any atom is -0.454 e. The second-order valence-corrected chi connectivity index (χ2v) is 6.19. The summed E-state index contributed by atoms with van der Waals surface area (Å²) >= 11 is 6.29. The molecule has 0 saturated carbocycles. The van der Waals surface area contributed by atoms with Crippen LogP contribution in [0.25, 0.3) is 0 Å². The average molecular weight is 347 g/mol. The summed E-state index contributed by atoms with van der Waals surface area (Å²) in [5, 5.41) is 3.65. The van der Waals surface area contributed by atoms with Crippen molar-refractivity contribution in [2.75, 3.05) is 27.4 Å². The van der Waals surface area contributed by atoms with E-state index >= 15 is 0 Å². The number of nitrogens with zero attached hydrogens (tertiary/aromatic N) is 1. The molecule has 0 bridgehead atoms. The number of likely N-dealkylation sites (N-methyl/N-ethyl adjacent to an activating group) is 1. The largest absolute Gasteiger partial charge is 0.454 e. The van der Waals surface area contributed by atoms with E-state index in [9.17, 15) is 4.79 Å². The number of hydrogen-bond donors (Lipinski definition) is 1. The van der Waals surface area contributed by atoms with Gasteiger partial charge in [0.2, 0.25) is 6.79 Å². The maximum Gasteiger partial charge on any atom is 0.251 e. The van der Waals surface area contributed by atoms with E-state index in [4.69, 9.17) is 21.1 Å². The quantitative estimate of drug-likeness (QED) is 0.903. The first kappa shape index (κ1) is 16.6. The summed E-state index contributed by atoms with van der Waals surface area (Å²) in [4.78, 5) is 14.5. The number of hydrogen-bond acceptors (Lipinski definition) is 4. The van der Waals surface area contributed by atoms with Crippen LogP contribution in [0, 0.1) is 0 Å². The van der Waals surface area contributed by atoms with Gasteiger partial charge in [-0.1, -0.05) is 29.8 Å². The summed E-state index contributed by atoms with van der Waals surface area (Å²) in [6, 6.07) is 12.8. The summed E-state index contributed by atoms with van der Waals surface area (Å²) in [7, 11) is 3.92. The van der Waals surface area contributed by atoms with Gasteiger partial charge in [0.15, 0.2) is 11.5 Å². The number of fused-ring (bicyclic) bond motifs is 1. The molecule has 1 N–H and O–H groups in total. The van der Waals surface area contributed by atoms with Crippen LogP contribution in [0.1, 0.15) is 22.0 Å². The van der Waals surface area contributed by atoms with Crippen LogP contribution in [0.5, 0.6) is 11.5 Å². The molecule has 0 spiro atoms. The smallest absolute Gasteiger partial charge is 0.251 e. The van der Waals surface area contributed by atoms with E-state index in [2.05, 4.69) is 5.32 Å². The molecule has 0 saturated heterocycles.